The summed E-state index contributed by atoms with van der Waals surface area (Å²) in [5.41, 5.74) is 5.02. The van der Waals surface area contributed by atoms with E-state index in [4.69, 9.17) is 4.98 Å². The van der Waals surface area contributed by atoms with Gasteiger partial charge in [0.2, 0.25) is 0 Å². The van der Waals surface area contributed by atoms with Gasteiger partial charge in [0.05, 0.1) is 17.0 Å². The van der Waals surface area contributed by atoms with Crippen LogP contribution in [0.15, 0.2) is 64.5 Å². The average molecular weight is 485 g/mol. The van der Waals surface area contributed by atoms with E-state index >= 15 is 0 Å². The zero-order valence-electron chi connectivity index (χ0n) is 20.2. The van der Waals surface area contributed by atoms with Crippen molar-refractivity contribution in [3.8, 4) is 11.3 Å². The van der Waals surface area contributed by atoms with Gasteiger partial charge in [0.15, 0.2) is 10.9 Å². The van der Waals surface area contributed by atoms with E-state index in [9.17, 15) is 9.59 Å². The Balaban J connectivity index is 1.49. The van der Waals surface area contributed by atoms with Crippen LogP contribution in [0.5, 0.6) is 0 Å². The SMILES string of the molecule is O=C(CSc1nc2c(c(=O)n1C1CCCCC1)C1(CCCC1)Cc1ccccc1-2)c1ccccc1. The number of fused-ring (bicyclic) bond motifs is 4. The first-order valence-corrected chi connectivity index (χ1v) is 14.1. The molecule has 0 atom stereocenters. The highest BCUT2D eigenvalue weighted by molar-refractivity contribution is 7.99. The average Bonchev–Trinajstić information content (AvgIpc) is 3.36. The maximum absolute atomic E-state index is 14.4. The largest absolute Gasteiger partial charge is 0.293 e. The molecule has 0 unspecified atom stereocenters. The van der Waals surface area contributed by atoms with E-state index in [1.165, 1.54) is 36.6 Å². The summed E-state index contributed by atoms with van der Waals surface area (Å²) in [5.74, 6) is 0.361. The Morgan fingerprint density at radius 1 is 0.943 bits per heavy atom. The van der Waals surface area contributed by atoms with Gasteiger partial charge in [-0.25, -0.2) is 4.98 Å². The van der Waals surface area contributed by atoms with E-state index in [0.29, 0.717) is 5.56 Å². The molecule has 0 radical (unpaired) electrons. The minimum atomic E-state index is -0.0900. The van der Waals surface area contributed by atoms with Crippen molar-refractivity contribution in [2.75, 3.05) is 5.75 Å². The number of benzene rings is 2. The Kier molecular flexibility index (Phi) is 6.13. The van der Waals surface area contributed by atoms with Crippen LogP contribution in [0.4, 0.5) is 0 Å². The second kappa shape index (κ2) is 9.42. The first-order valence-electron chi connectivity index (χ1n) is 13.1. The lowest BCUT2D eigenvalue weighted by molar-refractivity contribution is 0.102. The third-order valence-electron chi connectivity index (χ3n) is 8.34. The van der Waals surface area contributed by atoms with Gasteiger partial charge in [0.1, 0.15) is 0 Å². The Morgan fingerprint density at radius 3 is 2.43 bits per heavy atom. The van der Waals surface area contributed by atoms with Crippen LogP contribution in [0.1, 0.15) is 85.3 Å². The summed E-state index contributed by atoms with van der Waals surface area (Å²) in [5, 5.41) is 0.717. The number of carbonyl (C=O) groups excluding carboxylic acids is 1. The van der Waals surface area contributed by atoms with Crippen molar-refractivity contribution in [2.24, 2.45) is 0 Å². The van der Waals surface area contributed by atoms with Crippen LogP contribution in [0, 0.1) is 0 Å². The molecule has 0 bridgehead atoms. The first-order chi connectivity index (χ1) is 17.2. The number of aromatic nitrogens is 2. The maximum Gasteiger partial charge on any atom is 0.258 e. The summed E-state index contributed by atoms with van der Waals surface area (Å²) >= 11 is 1.44. The monoisotopic (exact) mass is 484 g/mol. The summed E-state index contributed by atoms with van der Waals surface area (Å²) in [6.07, 6.45) is 11.0. The fourth-order valence-corrected chi connectivity index (χ4v) is 7.58. The van der Waals surface area contributed by atoms with Crippen LogP contribution >= 0.6 is 11.8 Å². The van der Waals surface area contributed by atoms with Crippen LogP contribution in [-0.2, 0) is 11.8 Å². The van der Waals surface area contributed by atoms with E-state index in [2.05, 4.69) is 24.3 Å². The smallest absolute Gasteiger partial charge is 0.258 e. The van der Waals surface area contributed by atoms with Gasteiger partial charge < -0.3 is 0 Å². The number of carbonyl (C=O) groups is 1. The second-order valence-corrected chi connectivity index (χ2v) is 11.4. The lowest BCUT2D eigenvalue weighted by Gasteiger charge is -2.37. The molecule has 0 amide bonds. The van der Waals surface area contributed by atoms with E-state index < -0.39 is 0 Å². The van der Waals surface area contributed by atoms with Gasteiger partial charge in [-0.15, -0.1) is 0 Å². The molecule has 2 saturated carbocycles. The Hall–Kier alpha value is -2.66. The molecule has 0 N–H and O–H groups in total. The van der Waals surface area contributed by atoms with Crippen LogP contribution in [0.25, 0.3) is 11.3 Å². The van der Waals surface area contributed by atoms with Gasteiger partial charge in [-0.3, -0.25) is 14.2 Å². The zero-order valence-corrected chi connectivity index (χ0v) is 21.0. The van der Waals surface area contributed by atoms with Gasteiger partial charge in [0, 0.05) is 22.6 Å². The predicted molar refractivity (Wildman–Crippen MR) is 141 cm³/mol. The van der Waals surface area contributed by atoms with Crippen molar-refractivity contribution in [2.45, 2.75) is 80.8 Å². The van der Waals surface area contributed by atoms with Gasteiger partial charge in [0.25, 0.3) is 5.56 Å². The van der Waals surface area contributed by atoms with Gasteiger partial charge in [-0.2, -0.15) is 0 Å². The molecule has 1 spiro atoms. The molecule has 3 aliphatic carbocycles. The molecule has 35 heavy (non-hydrogen) atoms. The van der Waals surface area contributed by atoms with Crippen molar-refractivity contribution in [1.29, 1.82) is 0 Å². The molecule has 3 aliphatic rings. The molecule has 1 heterocycles. The van der Waals surface area contributed by atoms with Crippen LogP contribution < -0.4 is 5.56 Å². The third kappa shape index (κ3) is 4.08. The summed E-state index contributed by atoms with van der Waals surface area (Å²) in [7, 11) is 0. The first kappa shape index (κ1) is 22.8. The van der Waals surface area contributed by atoms with Gasteiger partial charge >= 0.3 is 0 Å². The maximum atomic E-state index is 14.4. The van der Waals surface area contributed by atoms with Gasteiger partial charge in [-0.05, 0) is 37.7 Å². The topological polar surface area (TPSA) is 52.0 Å². The van der Waals surface area contributed by atoms with Crippen molar-refractivity contribution < 1.29 is 4.79 Å². The number of nitrogens with zero attached hydrogens (tertiary/aromatic N) is 2. The molecule has 3 aromatic rings. The van der Waals surface area contributed by atoms with E-state index in [1.54, 1.807) is 0 Å². The highest BCUT2D eigenvalue weighted by Crippen LogP contribution is 2.50. The van der Waals surface area contributed by atoms with Crippen molar-refractivity contribution in [1.82, 2.24) is 9.55 Å². The van der Waals surface area contributed by atoms with Gasteiger partial charge in [-0.1, -0.05) is 98.5 Å². The molecule has 4 nitrogen and oxygen atoms in total. The summed E-state index contributed by atoms with van der Waals surface area (Å²) < 4.78 is 2.01. The molecule has 180 valence electrons. The van der Waals surface area contributed by atoms with E-state index in [1.807, 2.05) is 34.9 Å². The predicted octanol–water partition coefficient (Wildman–Crippen LogP) is 6.76. The molecular weight excluding hydrogens is 452 g/mol. The number of thioether (sulfide) groups is 1. The molecule has 5 heteroatoms. The number of ketones is 1. The quantitative estimate of drug-likeness (QED) is 0.228. The van der Waals surface area contributed by atoms with E-state index in [-0.39, 0.29) is 28.6 Å². The second-order valence-electron chi connectivity index (χ2n) is 10.5. The Bertz CT molecular complexity index is 1300. The Labute approximate surface area is 211 Å². The summed E-state index contributed by atoms with van der Waals surface area (Å²) in [6, 6.07) is 18.1. The fourth-order valence-electron chi connectivity index (χ4n) is 6.62. The molecular formula is C30H32N2O2S. The van der Waals surface area contributed by atoms with Crippen molar-refractivity contribution in [3.63, 3.8) is 0 Å². The summed E-state index contributed by atoms with van der Waals surface area (Å²) in [6.45, 7) is 0. The molecule has 0 aliphatic heterocycles. The van der Waals surface area contributed by atoms with Crippen LogP contribution in [0.2, 0.25) is 0 Å². The molecule has 2 fully saturated rings. The normalized spacial score (nSPS) is 18.9. The number of rotatable bonds is 5. The standard InChI is InChI=1S/C30H32N2O2S/c33-25(21-11-3-1-4-12-21)20-35-29-31-27-24-16-8-7-13-22(24)19-30(17-9-10-18-30)26(27)28(34)32(29)23-14-5-2-6-15-23/h1,3-4,7-8,11-13,16,23H,2,5-6,9-10,14-15,17-20H2. The molecule has 0 saturated heterocycles. The van der Waals surface area contributed by atoms with Crippen LogP contribution in [-0.4, -0.2) is 21.1 Å². The molecule has 6 rings (SSSR count). The lowest BCUT2D eigenvalue weighted by Crippen LogP contribution is -2.41. The lowest BCUT2D eigenvalue weighted by atomic mass is 9.68. The molecule has 2 aromatic carbocycles. The number of hydrogen-bond donors (Lipinski definition) is 0. The number of hydrogen-bond acceptors (Lipinski definition) is 4. The van der Waals surface area contributed by atoms with Crippen molar-refractivity contribution >= 4 is 17.5 Å². The fraction of sp³-hybridized carbons (Fsp3) is 0.433. The third-order valence-corrected chi connectivity index (χ3v) is 9.30. The highest BCUT2D eigenvalue weighted by atomic mass is 32.2. The minimum Gasteiger partial charge on any atom is -0.293 e. The highest BCUT2D eigenvalue weighted by Gasteiger charge is 2.45. The van der Waals surface area contributed by atoms with Crippen molar-refractivity contribution in [3.05, 3.63) is 81.6 Å². The van der Waals surface area contributed by atoms with Crippen LogP contribution in [0.3, 0.4) is 0 Å². The minimum absolute atomic E-state index is 0.0745. The van der Waals surface area contributed by atoms with E-state index in [0.717, 1.165) is 66.9 Å². The number of Topliss-reactive ketones (excluding diaryl/α,β-unsaturated/α-hetero) is 1. The summed E-state index contributed by atoms with van der Waals surface area (Å²) in [4.78, 5) is 32.6. The zero-order chi connectivity index (χ0) is 23.8. The molecule has 1 aromatic heterocycles. The Morgan fingerprint density at radius 2 is 1.66 bits per heavy atom.